The van der Waals surface area contributed by atoms with E-state index in [0.29, 0.717) is 0 Å². The summed E-state index contributed by atoms with van der Waals surface area (Å²) in [4.78, 5) is 35.9. The zero-order valence-corrected chi connectivity index (χ0v) is 4.22. The fraction of sp³-hybridized carbons (Fsp3) is 0. The number of aromatic nitrogens is 3. The van der Waals surface area contributed by atoms with Gasteiger partial charge in [0.1, 0.15) is 0 Å². The molecule has 0 spiro atoms. The fourth-order valence-corrected chi connectivity index (χ4v) is 0.403. The Bertz CT molecular complexity index is 287. The third kappa shape index (κ3) is 8.61. The summed E-state index contributed by atoms with van der Waals surface area (Å²) in [6.07, 6.45) is 0. The van der Waals surface area contributed by atoms with Crippen molar-refractivity contribution >= 4 is 154 Å². The van der Waals surface area contributed by atoms with Gasteiger partial charge in [-0.2, -0.15) is 0 Å². The summed E-state index contributed by atoms with van der Waals surface area (Å²) in [5.41, 5.74) is -2.41. The van der Waals surface area contributed by atoms with Crippen molar-refractivity contribution in [2.24, 2.45) is 0 Å². The van der Waals surface area contributed by atoms with Crippen LogP contribution >= 0.6 is 0 Å². The maximum atomic E-state index is 10.2. The van der Waals surface area contributed by atoms with E-state index in [-0.39, 0.29) is 154 Å². The normalized spacial score (nSPS) is 7.00. The van der Waals surface area contributed by atoms with E-state index in [0.717, 1.165) is 0 Å². The van der Waals surface area contributed by atoms with Crippen LogP contribution < -0.4 is 17.1 Å². The fourth-order valence-electron chi connectivity index (χ4n) is 0.403. The van der Waals surface area contributed by atoms with Crippen LogP contribution in [0.1, 0.15) is 0 Å². The van der Waals surface area contributed by atoms with Crippen molar-refractivity contribution in [3.63, 3.8) is 0 Å². The minimum atomic E-state index is -0.802. The first-order valence-corrected chi connectivity index (χ1v) is 2.11. The summed E-state index contributed by atoms with van der Waals surface area (Å²) in [7, 11) is 0. The first kappa shape index (κ1) is 20.7. The Morgan fingerprint density at radius 1 is 0.583 bits per heavy atom. The quantitative estimate of drug-likeness (QED) is 0.407. The number of hydrogen-bond acceptors (Lipinski definition) is 3. The van der Waals surface area contributed by atoms with Crippen molar-refractivity contribution in [3.8, 4) is 0 Å². The van der Waals surface area contributed by atoms with Crippen LogP contribution in [-0.4, -0.2) is 169 Å². The van der Waals surface area contributed by atoms with Gasteiger partial charge in [0.05, 0.1) is 0 Å². The Morgan fingerprint density at radius 2 is 0.750 bits per heavy atom. The molecule has 0 atom stereocenters. The van der Waals surface area contributed by atoms with E-state index < -0.39 is 17.1 Å². The molecule has 0 unspecified atom stereocenters. The van der Waals surface area contributed by atoms with E-state index in [1.165, 1.54) is 0 Å². The molecule has 0 radical (unpaired) electrons. The van der Waals surface area contributed by atoms with Crippen LogP contribution in [-0.2, 0) is 0 Å². The molecule has 6 nitrogen and oxygen atoms in total. The number of rotatable bonds is 0. The molecule has 9 heteroatoms. The molecule has 0 aromatic carbocycles. The van der Waals surface area contributed by atoms with Gasteiger partial charge in [0.2, 0.25) is 0 Å². The zero-order chi connectivity index (χ0) is 6.85. The van der Waals surface area contributed by atoms with Gasteiger partial charge in [-0.3, -0.25) is 15.0 Å². The van der Waals surface area contributed by atoms with Crippen LogP contribution in [0.4, 0.5) is 0 Å². The predicted octanol–water partition coefficient (Wildman–Crippen LogP) is -4.19. The average molecular weight is 249 g/mol. The number of H-pyrrole nitrogens is 3. The van der Waals surface area contributed by atoms with Crippen LogP contribution in [0.15, 0.2) is 14.4 Å². The SMILES string of the molecule is O=c1[nH]c(=O)[nH]c(=O)[nH]1.[KH].[KH].[KH]. The monoisotopic (exact) mass is 249 g/mol. The zero-order valence-electron chi connectivity index (χ0n) is 4.22. The van der Waals surface area contributed by atoms with Gasteiger partial charge in [0, 0.05) is 0 Å². The third-order valence-corrected chi connectivity index (χ3v) is 0.681. The molecule has 0 fully saturated rings. The predicted molar refractivity (Wildman–Crippen MR) is 49.8 cm³/mol. The van der Waals surface area contributed by atoms with Gasteiger partial charge < -0.3 is 0 Å². The van der Waals surface area contributed by atoms with Crippen LogP contribution in [0.5, 0.6) is 0 Å². The molecule has 0 aliphatic heterocycles. The van der Waals surface area contributed by atoms with Crippen LogP contribution in [0.2, 0.25) is 0 Å². The maximum absolute atomic E-state index is 10.2. The average Bonchev–Trinajstić information content (AvgIpc) is 1.59. The van der Waals surface area contributed by atoms with E-state index in [1.54, 1.807) is 15.0 Å². The van der Waals surface area contributed by atoms with Crippen molar-refractivity contribution in [1.29, 1.82) is 0 Å². The standard InChI is InChI=1S/C3H3N3O3.3K.3H/c7-1-4-2(8)6-3(9)5-1;;;;;;/h(H3,4,5,6,7,8,9);;;;;;. The minimum absolute atomic E-state index is 0. The molecule has 0 bridgehead atoms. The molecule has 3 N–H and O–H groups in total. The Labute approximate surface area is 194 Å². The Kier molecular flexibility index (Phi) is 18.7. The van der Waals surface area contributed by atoms with E-state index in [1.807, 2.05) is 0 Å². The molecule has 12 heavy (non-hydrogen) atoms. The summed E-state index contributed by atoms with van der Waals surface area (Å²) in [6.45, 7) is 0. The Balaban J connectivity index is -0.000000270. The van der Waals surface area contributed by atoms with E-state index >= 15 is 0 Å². The summed E-state index contributed by atoms with van der Waals surface area (Å²) in [5, 5.41) is 0. The van der Waals surface area contributed by atoms with Crippen molar-refractivity contribution in [3.05, 3.63) is 31.5 Å². The molecular formula is C3H6K3N3O3. The summed E-state index contributed by atoms with van der Waals surface area (Å²) >= 11 is 0. The Morgan fingerprint density at radius 3 is 0.917 bits per heavy atom. The van der Waals surface area contributed by atoms with Gasteiger partial charge in [-0.15, -0.1) is 0 Å². The molecule has 0 aliphatic carbocycles. The summed E-state index contributed by atoms with van der Waals surface area (Å²) < 4.78 is 0. The van der Waals surface area contributed by atoms with Crippen molar-refractivity contribution < 1.29 is 0 Å². The molecular weight excluding hydrogens is 243 g/mol. The van der Waals surface area contributed by atoms with Gasteiger partial charge in [-0.1, -0.05) is 0 Å². The molecule has 54 valence electrons. The molecule has 1 heterocycles. The molecule has 1 aromatic heterocycles. The number of aromatic amines is 3. The van der Waals surface area contributed by atoms with E-state index in [4.69, 9.17) is 0 Å². The van der Waals surface area contributed by atoms with Crippen LogP contribution in [0, 0.1) is 0 Å². The summed E-state index contributed by atoms with van der Waals surface area (Å²) in [6, 6.07) is 0. The van der Waals surface area contributed by atoms with Gasteiger partial charge in [-0.05, 0) is 0 Å². The van der Waals surface area contributed by atoms with Crippen LogP contribution in [0.3, 0.4) is 0 Å². The molecule has 1 rings (SSSR count). The van der Waals surface area contributed by atoms with Gasteiger partial charge >= 0.3 is 171 Å². The Hall–Kier alpha value is 3.32. The van der Waals surface area contributed by atoms with E-state index in [2.05, 4.69) is 0 Å². The van der Waals surface area contributed by atoms with Gasteiger partial charge in [0.25, 0.3) is 0 Å². The van der Waals surface area contributed by atoms with Crippen molar-refractivity contribution in [1.82, 2.24) is 15.0 Å². The molecule has 0 aliphatic rings. The first-order chi connectivity index (χ1) is 4.18. The molecule has 0 saturated carbocycles. The van der Waals surface area contributed by atoms with Crippen molar-refractivity contribution in [2.75, 3.05) is 0 Å². The topological polar surface area (TPSA) is 98.6 Å². The second kappa shape index (κ2) is 10.8. The second-order valence-corrected chi connectivity index (χ2v) is 1.36. The number of nitrogens with one attached hydrogen (secondary N) is 3. The molecule has 1 aromatic rings. The molecule has 0 amide bonds. The van der Waals surface area contributed by atoms with Gasteiger partial charge in [-0.25, -0.2) is 14.4 Å². The first-order valence-electron chi connectivity index (χ1n) is 2.11. The van der Waals surface area contributed by atoms with Crippen LogP contribution in [0.25, 0.3) is 0 Å². The van der Waals surface area contributed by atoms with Gasteiger partial charge in [0.15, 0.2) is 0 Å². The second-order valence-electron chi connectivity index (χ2n) is 1.36. The van der Waals surface area contributed by atoms with Crippen molar-refractivity contribution in [2.45, 2.75) is 0 Å². The molecule has 0 saturated heterocycles. The van der Waals surface area contributed by atoms with E-state index in [9.17, 15) is 14.4 Å². The third-order valence-electron chi connectivity index (χ3n) is 0.681. The number of hydrogen-bond donors (Lipinski definition) is 3. The summed E-state index contributed by atoms with van der Waals surface area (Å²) in [5.74, 6) is 0.